The number of hydrogen-bond acceptors (Lipinski definition) is 5. The molecule has 1 saturated carbocycles. The van der Waals surface area contributed by atoms with Gasteiger partial charge in [-0.3, -0.25) is 4.79 Å². The maximum atomic E-state index is 12.1. The van der Waals surface area contributed by atoms with Crippen LogP contribution in [0.1, 0.15) is 55.3 Å². The van der Waals surface area contributed by atoms with Gasteiger partial charge in [-0.2, -0.15) is 0 Å². The molecule has 0 aromatic carbocycles. The Balaban J connectivity index is 2.00. The first-order chi connectivity index (χ1) is 9.51. The van der Waals surface area contributed by atoms with Gasteiger partial charge in [-0.05, 0) is 25.2 Å². The predicted molar refractivity (Wildman–Crippen MR) is 71.2 cm³/mol. The number of nitrogens with one attached hydrogen (secondary N) is 1. The Bertz CT molecular complexity index is 491. The molecule has 1 atom stereocenters. The fourth-order valence-electron chi connectivity index (χ4n) is 2.02. The van der Waals surface area contributed by atoms with Crippen molar-refractivity contribution in [2.24, 2.45) is 5.92 Å². The van der Waals surface area contributed by atoms with E-state index in [1.165, 1.54) is 7.11 Å². The summed E-state index contributed by atoms with van der Waals surface area (Å²) < 4.78 is 9.84. The van der Waals surface area contributed by atoms with Crippen LogP contribution in [0.3, 0.4) is 0 Å². The first-order valence-electron chi connectivity index (χ1n) is 6.86. The van der Waals surface area contributed by atoms with Crippen molar-refractivity contribution in [2.75, 3.05) is 7.11 Å². The van der Waals surface area contributed by atoms with Gasteiger partial charge in [-0.25, -0.2) is 4.79 Å². The number of hydrogen-bond donors (Lipinski definition) is 1. The van der Waals surface area contributed by atoms with Crippen LogP contribution in [0.15, 0.2) is 10.6 Å². The van der Waals surface area contributed by atoms with Crippen molar-refractivity contribution in [1.82, 2.24) is 10.5 Å². The zero-order chi connectivity index (χ0) is 14.7. The second-order valence-electron chi connectivity index (χ2n) is 5.57. The van der Waals surface area contributed by atoms with Gasteiger partial charge < -0.3 is 14.6 Å². The van der Waals surface area contributed by atoms with Gasteiger partial charge in [0.2, 0.25) is 0 Å². The normalized spacial score (nSPS) is 16.0. The smallest absolute Gasteiger partial charge is 0.328 e. The summed E-state index contributed by atoms with van der Waals surface area (Å²) in [7, 11) is 1.31. The molecule has 1 N–H and O–H groups in total. The first-order valence-corrected chi connectivity index (χ1v) is 6.86. The zero-order valence-electron chi connectivity index (χ0n) is 12.0. The van der Waals surface area contributed by atoms with Gasteiger partial charge in [-0.15, -0.1) is 0 Å². The van der Waals surface area contributed by atoms with E-state index in [-0.39, 0.29) is 11.6 Å². The van der Waals surface area contributed by atoms with Gasteiger partial charge in [0, 0.05) is 12.0 Å². The molecular weight excluding hydrogens is 260 g/mol. The minimum Gasteiger partial charge on any atom is -0.467 e. The van der Waals surface area contributed by atoms with Gasteiger partial charge in [0.05, 0.1) is 7.11 Å². The summed E-state index contributed by atoms with van der Waals surface area (Å²) in [5.74, 6) is 0.554. The molecule has 1 aliphatic carbocycles. The second-order valence-corrected chi connectivity index (χ2v) is 5.57. The quantitative estimate of drug-likeness (QED) is 0.804. The van der Waals surface area contributed by atoms with Crippen LogP contribution >= 0.6 is 0 Å². The highest BCUT2D eigenvalue weighted by Gasteiger charge is 2.30. The number of methoxy groups -OCH3 is 1. The Morgan fingerprint density at radius 3 is 2.75 bits per heavy atom. The lowest BCUT2D eigenvalue weighted by molar-refractivity contribution is -0.143. The lowest BCUT2D eigenvalue weighted by atomic mass is 10.0. The van der Waals surface area contributed by atoms with Crippen molar-refractivity contribution in [1.29, 1.82) is 0 Å². The highest BCUT2D eigenvalue weighted by molar-refractivity contribution is 5.95. The topological polar surface area (TPSA) is 81.4 Å². The number of aromatic nitrogens is 1. The summed E-state index contributed by atoms with van der Waals surface area (Å²) in [6.07, 6.45) is 2.68. The Morgan fingerprint density at radius 1 is 1.50 bits per heavy atom. The van der Waals surface area contributed by atoms with E-state index < -0.39 is 17.9 Å². The van der Waals surface area contributed by atoms with E-state index in [0.29, 0.717) is 12.3 Å². The molecule has 1 amide bonds. The molecular formula is C14H20N2O4. The molecule has 110 valence electrons. The monoisotopic (exact) mass is 280 g/mol. The van der Waals surface area contributed by atoms with Crippen molar-refractivity contribution >= 4 is 11.9 Å². The Hall–Kier alpha value is -1.85. The van der Waals surface area contributed by atoms with Crippen LogP contribution < -0.4 is 5.32 Å². The SMILES string of the molecule is COC(=O)C(CC(C)C)NC(=O)c1cc(C2CC2)on1. The minimum absolute atomic E-state index is 0.213. The molecule has 6 nitrogen and oxygen atoms in total. The van der Waals surface area contributed by atoms with Crippen LogP contribution in [0.25, 0.3) is 0 Å². The molecule has 6 heteroatoms. The largest absolute Gasteiger partial charge is 0.467 e. The molecule has 0 aliphatic heterocycles. The molecule has 1 aliphatic rings. The average molecular weight is 280 g/mol. The summed E-state index contributed by atoms with van der Waals surface area (Å²) in [5.41, 5.74) is 0.213. The lowest BCUT2D eigenvalue weighted by Gasteiger charge is -2.17. The molecule has 0 bridgehead atoms. The maximum absolute atomic E-state index is 12.1. The standard InChI is InChI=1S/C14H20N2O4/c1-8(2)6-11(14(18)19-3)15-13(17)10-7-12(20-16-10)9-4-5-9/h7-9,11H,4-6H2,1-3H3,(H,15,17). The number of rotatable bonds is 6. The molecule has 1 fully saturated rings. The summed E-state index contributed by atoms with van der Waals surface area (Å²) in [4.78, 5) is 23.7. The molecule has 1 unspecified atom stereocenters. The van der Waals surface area contributed by atoms with Gasteiger partial charge in [-0.1, -0.05) is 19.0 Å². The van der Waals surface area contributed by atoms with Gasteiger partial charge in [0.15, 0.2) is 5.69 Å². The van der Waals surface area contributed by atoms with Gasteiger partial charge in [0.1, 0.15) is 11.8 Å². The number of carbonyl (C=O) groups is 2. The fraction of sp³-hybridized carbons (Fsp3) is 0.643. The average Bonchev–Trinajstić information content (AvgIpc) is 3.14. The number of carbonyl (C=O) groups excluding carboxylic acids is 2. The summed E-state index contributed by atoms with van der Waals surface area (Å²) >= 11 is 0. The Kier molecular flexibility index (Phi) is 4.42. The van der Waals surface area contributed by atoms with Crippen LogP contribution in [0.2, 0.25) is 0 Å². The highest BCUT2D eigenvalue weighted by Crippen LogP contribution is 2.40. The molecule has 1 heterocycles. The molecule has 0 saturated heterocycles. The number of esters is 1. The van der Waals surface area contributed by atoms with Crippen LogP contribution in [0.4, 0.5) is 0 Å². The van der Waals surface area contributed by atoms with Crippen LogP contribution in [0, 0.1) is 5.92 Å². The first kappa shape index (κ1) is 14.6. The molecule has 2 rings (SSSR count). The highest BCUT2D eigenvalue weighted by atomic mass is 16.5. The molecule has 1 aromatic rings. The fourth-order valence-corrected chi connectivity index (χ4v) is 2.02. The van der Waals surface area contributed by atoms with Crippen molar-refractivity contribution < 1.29 is 18.8 Å². The van der Waals surface area contributed by atoms with E-state index >= 15 is 0 Å². The number of amides is 1. The minimum atomic E-state index is -0.659. The summed E-state index contributed by atoms with van der Waals surface area (Å²) in [6.45, 7) is 3.95. The summed E-state index contributed by atoms with van der Waals surface area (Å²) in [5, 5.41) is 6.41. The third-order valence-corrected chi connectivity index (χ3v) is 3.24. The van der Waals surface area contributed by atoms with Crippen LogP contribution in [-0.2, 0) is 9.53 Å². The van der Waals surface area contributed by atoms with Crippen LogP contribution in [-0.4, -0.2) is 30.2 Å². The Morgan fingerprint density at radius 2 is 2.20 bits per heavy atom. The lowest BCUT2D eigenvalue weighted by Crippen LogP contribution is -2.42. The predicted octanol–water partition coefficient (Wildman–Crippen LogP) is 1.87. The van der Waals surface area contributed by atoms with E-state index in [4.69, 9.17) is 9.26 Å². The summed E-state index contributed by atoms with van der Waals surface area (Å²) in [6, 6.07) is 0.991. The van der Waals surface area contributed by atoms with E-state index in [9.17, 15) is 9.59 Å². The maximum Gasteiger partial charge on any atom is 0.328 e. The molecule has 20 heavy (non-hydrogen) atoms. The third kappa shape index (κ3) is 3.59. The van der Waals surface area contributed by atoms with Crippen molar-refractivity contribution in [3.05, 3.63) is 17.5 Å². The second kappa shape index (κ2) is 6.07. The van der Waals surface area contributed by atoms with Crippen molar-refractivity contribution in [3.63, 3.8) is 0 Å². The molecule has 1 aromatic heterocycles. The van der Waals surface area contributed by atoms with E-state index in [1.807, 2.05) is 13.8 Å². The third-order valence-electron chi connectivity index (χ3n) is 3.24. The van der Waals surface area contributed by atoms with Gasteiger partial charge in [0.25, 0.3) is 5.91 Å². The molecule has 0 radical (unpaired) electrons. The number of nitrogens with zero attached hydrogens (tertiary/aromatic N) is 1. The van der Waals surface area contributed by atoms with Crippen LogP contribution in [0.5, 0.6) is 0 Å². The van der Waals surface area contributed by atoms with Crippen molar-refractivity contribution in [3.8, 4) is 0 Å². The van der Waals surface area contributed by atoms with E-state index in [0.717, 1.165) is 18.6 Å². The van der Waals surface area contributed by atoms with Crippen molar-refractivity contribution in [2.45, 2.75) is 45.1 Å². The van der Waals surface area contributed by atoms with E-state index in [2.05, 4.69) is 10.5 Å². The number of ether oxygens (including phenoxy) is 1. The van der Waals surface area contributed by atoms with E-state index in [1.54, 1.807) is 6.07 Å². The van der Waals surface area contributed by atoms with Gasteiger partial charge >= 0.3 is 5.97 Å². The zero-order valence-corrected chi connectivity index (χ0v) is 12.0. The molecule has 0 spiro atoms. The Labute approximate surface area is 117 Å².